The van der Waals surface area contributed by atoms with Gasteiger partial charge in [0.1, 0.15) is 0 Å². The van der Waals surface area contributed by atoms with Crippen LogP contribution in [-0.2, 0) is 0 Å². The van der Waals surface area contributed by atoms with Gasteiger partial charge in [0.2, 0.25) is 0 Å². The quantitative estimate of drug-likeness (QED) is 0.618. The molecular weight excluding hydrogens is 180 g/mol. The van der Waals surface area contributed by atoms with Gasteiger partial charge in [0, 0.05) is 0 Å². The minimum absolute atomic E-state index is 0.457. The lowest BCUT2D eigenvalue weighted by Crippen LogP contribution is -2.07. The van der Waals surface area contributed by atoms with Crippen LogP contribution in [0, 0.1) is 5.92 Å². The number of hydrogen-bond donors (Lipinski definition) is 0. The molecule has 0 bridgehead atoms. The highest BCUT2D eigenvalue weighted by molar-refractivity contribution is 5.73. The largest absolute Gasteiger partial charge is 0.102 e. The average molecular weight is 198 g/mol. The van der Waals surface area contributed by atoms with Crippen molar-refractivity contribution in [3.63, 3.8) is 0 Å². The molecule has 0 heteroatoms. The molecule has 0 radical (unpaired) electrons. The summed E-state index contributed by atoms with van der Waals surface area (Å²) in [6, 6.07) is 8.75. The molecule has 0 saturated heterocycles. The second kappa shape index (κ2) is 4.06. The second-order valence-corrected chi connectivity index (χ2v) is 4.41. The fourth-order valence-electron chi connectivity index (χ4n) is 2.29. The summed E-state index contributed by atoms with van der Waals surface area (Å²) >= 11 is 0. The molecule has 0 aliphatic heterocycles. The predicted molar refractivity (Wildman–Crippen MR) is 66.8 cm³/mol. The second-order valence-electron chi connectivity index (χ2n) is 4.41. The van der Waals surface area contributed by atoms with Crippen molar-refractivity contribution in [2.45, 2.75) is 26.2 Å². The molecule has 0 fully saturated rings. The Morgan fingerprint density at radius 1 is 1.40 bits per heavy atom. The van der Waals surface area contributed by atoms with E-state index in [1.165, 1.54) is 16.7 Å². The van der Waals surface area contributed by atoms with Crippen molar-refractivity contribution >= 4 is 5.57 Å². The molecule has 2 atom stereocenters. The zero-order chi connectivity index (χ0) is 10.8. The molecule has 0 amide bonds. The predicted octanol–water partition coefficient (Wildman–Crippen LogP) is 4.40. The maximum Gasteiger partial charge on any atom is -0.00102 e. The molecule has 2 rings (SSSR count). The zero-order valence-corrected chi connectivity index (χ0v) is 9.53. The molecular formula is C15H18. The molecule has 15 heavy (non-hydrogen) atoms. The Labute approximate surface area is 92.3 Å². The molecule has 0 spiro atoms. The Kier molecular flexibility index (Phi) is 2.77. The summed E-state index contributed by atoms with van der Waals surface area (Å²) in [5.41, 5.74) is 4.35. The summed E-state index contributed by atoms with van der Waals surface area (Å²) in [4.78, 5) is 0. The Morgan fingerprint density at radius 3 is 2.87 bits per heavy atom. The van der Waals surface area contributed by atoms with E-state index in [2.05, 4.69) is 50.8 Å². The normalized spacial score (nSPS) is 21.5. The van der Waals surface area contributed by atoms with Crippen LogP contribution < -0.4 is 0 Å². The lowest BCUT2D eigenvalue weighted by Gasteiger charge is -2.25. The SMILES string of the molecule is C=CC(C)C1=CC[C@@H](C)c2ccccc21. The Morgan fingerprint density at radius 2 is 2.13 bits per heavy atom. The molecule has 1 aliphatic carbocycles. The summed E-state index contributed by atoms with van der Waals surface area (Å²) < 4.78 is 0. The first-order chi connectivity index (χ1) is 7.24. The van der Waals surface area contributed by atoms with Crippen LogP contribution in [-0.4, -0.2) is 0 Å². The van der Waals surface area contributed by atoms with Crippen LogP contribution in [0.25, 0.3) is 5.57 Å². The van der Waals surface area contributed by atoms with E-state index in [0.29, 0.717) is 11.8 Å². The molecule has 0 aromatic heterocycles. The fraction of sp³-hybridized carbons (Fsp3) is 0.333. The number of benzene rings is 1. The molecule has 78 valence electrons. The minimum atomic E-state index is 0.457. The van der Waals surface area contributed by atoms with Crippen LogP contribution >= 0.6 is 0 Å². The van der Waals surface area contributed by atoms with Crippen molar-refractivity contribution < 1.29 is 0 Å². The first kappa shape index (κ1) is 10.2. The van der Waals surface area contributed by atoms with E-state index >= 15 is 0 Å². The summed E-state index contributed by atoms with van der Waals surface area (Å²) in [5, 5.41) is 0. The molecule has 1 aromatic carbocycles. The van der Waals surface area contributed by atoms with Crippen LogP contribution in [0.2, 0.25) is 0 Å². The standard InChI is InChI=1S/C15H18/c1-4-11(2)14-10-9-12(3)13-7-5-6-8-15(13)14/h4-8,10-12H,1,9H2,2-3H3/t11?,12-/m1/s1. The summed E-state index contributed by atoms with van der Waals surface area (Å²) in [6.45, 7) is 8.40. The van der Waals surface area contributed by atoms with Gasteiger partial charge in [-0.25, -0.2) is 0 Å². The molecule has 0 saturated carbocycles. The van der Waals surface area contributed by atoms with Gasteiger partial charge in [-0.3, -0.25) is 0 Å². The topological polar surface area (TPSA) is 0 Å². The van der Waals surface area contributed by atoms with E-state index in [4.69, 9.17) is 0 Å². The van der Waals surface area contributed by atoms with Gasteiger partial charge < -0.3 is 0 Å². The van der Waals surface area contributed by atoms with Crippen LogP contribution in [0.15, 0.2) is 43.0 Å². The Bertz CT molecular complexity index is 398. The molecule has 1 unspecified atom stereocenters. The summed E-state index contributed by atoms with van der Waals surface area (Å²) in [5.74, 6) is 1.11. The minimum Gasteiger partial charge on any atom is -0.102 e. The average Bonchev–Trinajstić information content (AvgIpc) is 2.29. The maximum absolute atomic E-state index is 3.89. The maximum atomic E-state index is 3.89. The first-order valence-corrected chi connectivity index (χ1v) is 5.66. The Hall–Kier alpha value is -1.30. The zero-order valence-electron chi connectivity index (χ0n) is 9.53. The lowest BCUT2D eigenvalue weighted by atomic mass is 9.80. The number of rotatable bonds is 2. The van der Waals surface area contributed by atoms with Crippen LogP contribution in [0.3, 0.4) is 0 Å². The number of hydrogen-bond acceptors (Lipinski definition) is 0. The summed E-state index contributed by atoms with van der Waals surface area (Å²) in [7, 11) is 0. The van der Waals surface area contributed by atoms with Crippen LogP contribution in [0.1, 0.15) is 37.3 Å². The van der Waals surface area contributed by atoms with Gasteiger partial charge in [0.15, 0.2) is 0 Å². The van der Waals surface area contributed by atoms with Gasteiger partial charge in [0.25, 0.3) is 0 Å². The third kappa shape index (κ3) is 1.77. The van der Waals surface area contributed by atoms with Crippen molar-refractivity contribution in [3.8, 4) is 0 Å². The highest BCUT2D eigenvalue weighted by Crippen LogP contribution is 2.37. The third-order valence-corrected chi connectivity index (χ3v) is 3.34. The van der Waals surface area contributed by atoms with Crippen LogP contribution in [0.4, 0.5) is 0 Å². The molecule has 1 aliphatic rings. The number of fused-ring (bicyclic) bond motifs is 1. The van der Waals surface area contributed by atoms with Gasteiger partial charge in [-0.1, -0.05) is 50.3 Å². The van der Waals surface area contributed by atoms with Crippen molar-refractivity contribution in [1.29, 1.82) is 0 Å². The monoisotopic (exact) mass is 198 g/mol. The summed E-state index contributed by atoms with van der Waals surface area (Å²) in [6.07, 6.45) is 5.56. The molecule has 0 nitrogen and oxygen atoms in total. The first-order valence-electron chi connectivity index (χ1n) is 5.66. The van der Waals surface area contributed by atoms with E-state index in [1.807, 2.05) is 6.08 Å². The van der Waals surface area contributed by atoms with Crippen LogP contribution in [0.5, 0.6) is 0 Å². The van der Waals surface area contributed by atoms with Gasteiger partial charge in [-0.15, -0.1) is 6.58 Å². The van der Waals surface area contributed by atoms with E-state index < -0.39 is 0 Å². The highest BCUT2D eigenvalue weighted by Gasteiger charge is 2.19. The van der Waals surface area contributed by atoms with Crippen molar-refractivity contribution in [3.05, 3.63) is 54.1 Å². The molecule has 0 heterocycles. The molecule has 0 N–H and O–H groups in total. The lowest BCUT2D eigenvalue weighted by molar-refractivity contribution is 0.755. The van der Waals surface area contributed by atoms with Gasteiger partial charge in [0.05, 0.1) is 0 Å². The smallest absolute Gasteiger partial charge is 0.00102 e. The highest BCUT2D eigenvalue weighted by atomic mass is 14.2. The van der Waals surface area contributed by atoms with E-state index in [1.54, 1.807) is 0 Å². The van der Waals surface area contributed by atoms with E-state index in [-0.39, 0.29) is 0 Å². The van der Waals surface area contributed by atoms with E-state index in [9.17, 15) is 0 Å². The van der Waals surface area contributed by atoms with E-state index in [0.717, 1.165) is 6.42 Å². The third-order valence-electron chi connectivity index (χ3n) is 3.34. The van der Waals surface area contributed by atoms with Crippen molar-refractivity contribution in [2.24, 2.45) is 5.92 Å². The van der Waals surface area contributed by atoms with Gasteiger partial charge in [-0.2, -0.15) is 0 Å². The van der Waals surface area contributed by atoms with Gasteiger partial charge >= 0.3 is 0 Å². The number of allylic oxidation sites excluding steroid dienone is 3. The Balaban J connectivity index is 2.49. The van der Waals surface area contributed by atoms with Crippen molar-refractivity contribution in [1.82, 2.24) is 0 Å². The molecule has 1 aromatic rings. The van der Waals surface area contributed by atoms with Crippen molar-refractivity contribution in [2.75, 3.05) is 0 Å². The fourth-order valence-corrected chi connectivity index (χ4v) is 2.29. The van der Waals surface area contributed by atoms with Gasteiger partial charge in [-0.05, 0) is 35.0 Å².